The van der Waals surface area contributed by atoms with Crippen LogP contribution in [0.1, 0.15) is 29.2 Å². The van der Waals surface area contributed by atoms with Crippen LogP contribution in [0.5, 0.6) is 5.75 Å². The molecule has 6 nitrogen and oxygen atoms in total. The highest BCUT2D eigenvalue weighted by Gasteiger charge is 2.32. The van der Waals surface area contributed by atoms with Gasteiger partial charge >= 0.3 is 5.97 Å². The van der Waals surface area contributed by atoms with Gasteiger partial charge in [0.25, 0.3) is 0 Å². The maximum atomic E-state index is 12.0. The van der Waals surface area contributed by atoms with Gasteiger partial charge in [0.15, 0.2) is 0 Å². The molecule has 7 heteroatoms. The summed E-state index contributed by atoms with van der Waals surface area (Å²) in [5, 5.41) is 13.0. The maximum absolute atomic E-state index is 12.0. The fourth-order valence-corrected chi connectivity index (χ4v) is 3.97. The van der Waals surface area contributed by atoms with Crippen LogP contribution >= 0.6 is 11.3 Å². The van der Waals surface area contributed by atoms with Crippen molar-refractivity contribution in [2.45, 2.75) is 26.4 Å². The molecule has 1 aromatic heterocycles. The van der Waals surface area contributed by atoms with Gasteiger partial charge in [0.2, 0.25) is 0 Å². The first kappa shape index (κ1) is 18.8. The second-order valence-corrected chi connectivity index (χ2v) is 7.44. The Morgan fingerprint density at radius 3 is 2.65 bits per heavy atom. The third-order valence-electron chi connectivity index (χ3n) is 4.57. The molecule has 0 radical (unpaired) electrons. The lowest BCUT2D eigenvalue weighted by Gasteiger charge is -2.37. The number of ether oxygens (including phenoxy) is 1. The fraction of sp³-hybridized carbons (Fsp3) is 0.474. The van der Waals surface area contributed by atoms with E-state index in [1.807, 2.05) is 43.0 Å². The number of carbonyl (C=O) groups is 1. The van der Waals surface area contributed by atoms with Gasteiger partial charge in [-0.25, -0.2) is 4.98 Å². The number of benzene rings is 1. The minimum Gasteiger partial charge on any atom is -0.494 e. The van der Waals surface area contributed by atoms with Crippen molar-refractivity contribution in [2.24, 2.45) is 0 Å². The first-order valence-corrected chi connectivity index (χ1v) is 9.78. The van der Waals surface area contributed by atoms with Crippen LogP contribution in [0, 0.1) is 6.92 Å². The number of nitrogens with zero attached hydrogens (tertiary/aromatic N) is 3. The van der Waals surface area contributed by atoms with E-state index in [0.717, 1.165) is 35.9 Å². The van der Waals surface area contributed by atoms with Crippen LogP contribution in [0.15, 0.2) is 29.6 Å². The Hall–Kier alpha value is -1.96. The van der Waals surface area contributed by atoms with Gasteiger partial charge in [0, 0.05) is 43.7 Å². The summed E-state index contributed by atoms with van der Waals surface area (Å²) in [4.78, 5) is 20.9. The Morgan fingerprint density at radius 2 is 2.04 bits per heavy atom. The largest absolute Gasteiger partial charge is 0.494 e. The molecule has 0 aliphatic carbocycles. The van der Waals surface area contributed by atoms with Crippen molar-refractivity contribution in [1.82, 2.24) is 14.8 Å². The van der Waals surface area contributed by atoms with E-state index in [1.165, 1.54) is 0 Å². The summed E-state index contributed by atoms with van der Waals surface area (Å²) in [6.07, 6.45) is 0. The zero-order chi connectivity index (χ0) is 18.5. The highest BCUT2D eigenvalue weighted by atomic mass is 32.1. The van der Waals surface area contributed by atoms with E-state index >= 15 is 0 Å². The molecule has 3 rings (SSSR count). The SMILES string of the molecule is CCOc1ccccc1[C@@H](C(=O)O)N1CCN(Cc2csc(C)n2)CC1. The van der Waals surface area contributed by atoms with Gasteiger partial charge in [0.1, 0.15) is 11.8 Å². The number of carboxylic acids is 1. The zero-order valence-electron chi connectivity index (χ0n) is 15.2. The lowest BCUT2D eigenvalue weighted by atomic mass is 10.0. The highest BCUT2D eigenvalue weighted by molar-refractivity contribution is 7.09. The second kappa shape index (κ2) is 8.62. The second-order valence-electron chi connectivity index (χ2n) is 6.38. The predicted molar refractivity (Wildman–Crippen MR) is 102 cm³/mol. The number of carboxylic acid groups (broad SMARTS) is 1. The van der Waals surface area contributed by atoms with Crippen LogP contribution in [-0.4, -0.2) is 58.6 Å². The Morgan fingerprint density at radius 1 is 1.31 bits per heavy atom. The van der Waals surface area contributed by atoms with Gasteiger partial charge in [-0.1, -0.05) is 18.2 Å². The summed E-state index contributed by atoms with van der Waals surface area (Å²) in [5.74, 6) is -0.177. The van der Waals surface area contributed by atoms with Crippen molar-refractivity contribution in [2.75, 3.05) is 32.8 Å². The van der Waals surface area contributed by atoms with E-state index in [4.69, 9.17) is 4.74 Å². The fourth-order valence-electron chi connectivity index (χ4n) is 3.37. The van der Waals surface area contributed by atoms with Crippen LogP contribution in [-0.2, 0) is 11.3 Å². The lowest BCUT2D eigenvalue weighted by Crippen LogP contribution is -2.48. The molecule has 140 valence electrons. The topological polar surface area (TPSA) is 65.9 Å². The average molecular weight is 375 g/mol. The molecule has 1 aliphatic rings. The van der Waals surface area contributed by atoms with E-state index in [1.54, 1.807) is 11.3 Å². The molecule has 0 unspecified atom stereocenters. The quantitative estimate of drug-likeness (QED) is 0.803. The molecular formula is C19H25N3O3S. The van der Waals surface area contributed by atoms with E-state index in [9.17, 15) is 9.90 Å². The monoisotopic (exact) mass is 375 g/mol. The van der Waals surface area contributed by atoms with Crippen molar-refractivity contribution >= 4 is 17.3 Å². The smallest absolute Gasteiger partial charge is 0.325 e. The summed E-state index contributed by atoms with van der Waals surface area (Å²) in [6.45, 7) is 8.34. The normalized spacial score (nSPS) is 17.2. The molecule has 0 bridgehead atoms. The van der Waals surface area contributed by atoms with Crippen molar-refractivity contribution < 1.29 is 14.6 Å². The summed E-state index contributed by atoms with van der Waals surface area (Å²) in [6, 6.07) is 6.76. The maximum Gasteiger partial charge on any atom is 0.325 e. The number of hydrogen-bond donors (Lipinski definition) is 1. The Labute approximate surface area is 158 Å². The van der Waals surface area contributed by atoms with E-state index in [-0.39, 0.29) is 0 Å². The van der Waals surface area contributed by atoms with Gasteiger partial charge in [0.05, 0.1) is 17.3 Å². The number of aryl methyl sites for hydroxylation is 1. The van der Waals surface area contributed by atoms with Gasteiger partial charge in [-0.15, -0.1) is 11.3 Å². The van der Waals surface area contributed by atoms with Crippen LogP contribution in [0.25, 0.3) is 0 Å². The van der Waals surface area contributed by atoms with E-state index in [0.29, 0.717) is 25.4 Å². The van der Waals surface area contributed by atoms with Gasteiger partial charge < -0.3 is 9.84 Å². The number of thiazole rings is 1. The lowest BCUT2D eigenvalue weighted by molar-refractivity contribution is -0.144. The molecule has 1 saturated heterocycles. The number of piperazine rings is 1. The van der Waals surface area contributed by atoms with Crippen LogP contribution < -0.4 is 4.74 Å². The summed E-state index contributed by atoms with van der Waals surface area (Å²) < 4.78 is 5.65. The molecule has 0 spiro atoms. The van der Waals surface area contributed by atoms with Crippen LogP contribution in [0.3, 0.4) is 0 Å². The Kier molecular flexibility index (Phi) is 6.24. The molecule has 1 atom stereocenters. The predicted octanol–water partition coefficient (Wildman–Crippen LogP) is 2.79. The molecular weight excluding hydrogens is 350 g/mol. The number of rotatable bonds is 7. The molecule has 0 saturated carbocycles. The number of hydrogen-bond acceptors (Lipinski definition) is 6. The molecule has 1 N–H and O–H groups in total. The third kappa shape index (κ3) is 4.41. The van der Waals surface area contributed by atoms with E-state index in [2.05, 4.69) is 15.3 Å². The Bertz CT molecular complexity index is 741. The molecule has 2 heterocycles. The van der Waals surface area contributed by atoms with Gasteiger partial charge in [-0.2, -0.15) is 0 Å². The summed E-state index contributed by atoms with van der Waals surface area (Å²) in [5.41, 5.74) is 1.82. The van der Waals surface area contributed by atoms with Crippen molar-refractivity contribution in [1.29, 1.82) is 0 Å². The average Bonchev–Trinajstić information content (AvgIpc) is 3.03. The minimum absolute atomic E-state index is 0.518. The Balaban J connectivity index is 1.68. The first-order valence-electron chi connectivity index (χ1n) is 8.90. The zero-order valence-corrected chi connectivity index (χ0v) is 16.0. The first-order chi connectivity index (χ1) is 12.6. The van der Waals surface area contributed by atoms with Gasteiger partial charge in [-0.3, -0.25) is 14.6 Å². The molecule has 26 heavy (non-hydrogen) atoms. The van der Waals surface area contributed by atoms with E-state index < -0.39 is 12.0 Å². The standard InChI is InChI=1S/C19H25N3O3S/c1-3-25-17-7-5-4-6-16(17)18(19(23)24)22-10-8-21(9-11-22)12-15-13-26-14(2)20-15/h4-7,13,18H,3,8-12H2,1-2H3,(H,23,24)/t18-/m0/s1. The van der Waals surface area contributed by atoms with Gasteiger partial charge in [-0.05, 0) is 19.9 Å². The van der Waals surface area contributed by atoms with Crippen LogP contribution in [0.4, 0.5) is 0 Å². The van der Waals surface area contributed by atoms with Crippen molar-refractivity contribution in [3.05, 3.63) is 45.9 Å². The third-order valence-corrected chi connectivity index (χ3v) is 5.39. The number of para-hydroxylation sites is 1. The van der Waals surface area contributed by atoms with Crippen molar-refractivity contribution in [3.8, 4) is 5.75 Å². The number of aromatic nitrogens is 1. The number of aliphatic carboxylic acids is 1. The minimum atomic E-state index is -0.833. The highest BCUT2D eigenvalue weighted by Crippen LogP contribution is 2.30. The van der Waals surface area contributed by atoms with Crippen LogP contribution in [0.2, 0.25) is 0 Å². The molecule has 1 aromatic carbocycles. The molecule has 2 aromatic rings. The molecule has 1 fully saturated rings. The molecule has 1 aliphatic heterocycles. The summed E-state index contributed by atoms with van der Waals surface area (Å²) in [7, 11) is 0. The molecule has 0 amide bonds. The van der Waals surface area contributed by atoms with Crippen molar-refractivity contribution in [3.63, 3.8) is 0 Å². The summed E-state index contributed by atoms with van der Waals surface area (Å²) >= 11 is 1.67.